The highest BCUT2D eigenvalue weighted by Gasteiger charge is 2.27. The van der Waals surface area contributed by atoms with Gasteiger partial charge < -0.3 is 4.74 Å². The van der Waals surface area contributed by atoms with Crippen LogP contribution < -0.4 is 0 Å². The molecule has 6 heteroatoms. The molecule has 5 nitrogen and oxygen atoms in total. The Bertz CT molecular complexity index is 1840. The number of carbonyl (C=O) groups is 2. The molecule has 198 valence electrons. The number of ketones is 1. The van der Waals surface area contributed by atoms with E-state index in [1.165, 1.54) is 0 Å². The smallest absolute Gasteiger partial charge is 0.339 e. The van der Waals surface area contributed by atoms with Gasteiger partial charge in [0.25, 0.3) is 0 Å². The molecule has 1 aromatic heterocycles. The Kier molecular flexibility index (Phi) is 7.35. The summed E-state index contributed by atoms with van der Waals surface area (Å²) in [5.41, 5.74) is 5.69. The second-order valence-corrected chi connectivity index (χ2v) is 9.86. The number of benzene rings is 5. The molecule has 6 rings (SSSR count). The molecule has 0 saturated heterocycles. The fourth-order valence-corrected chi connectivity index (χ4v) is 4.74. The molecule has 1 atom stereocenters. The first kappa shape index (κ1) is 26.1. The van der Waals surface area contributed by atoms with Crippen LogP contribution in [0.3, 0.4) is 0 Å². The second kappa shape index (κ2) is 11.5. The van der Waals surface area contributed by atoms with E-state index in [4.69, 9.17) is 26.3 Å². The van der Waals surface area contributed by atoms with E-state index >= 15 is 0 Å². The van der Waals surface area contributed by atoms with Gasteiger partial charge in [0.2, 0.25) is 5.78 Å². The van der Waals surface area contributed by atoms with Crippen LogP contribution in [0.25, 0.3) is 33.5 Å². The summed E-state index contributed by atoms with van der Waals surface area (Å²) in [4.78, 5) is 36.8. The van der Waals surface area contributed by atoms with E-state index in [0.717, 1.165) is 16.8 Å². The van der Waals surface area contributed by atoms with Gasteiger partial charge in [-0.3, -0.25) is 4.79 Å². The predicted molar refractivity (Wildman–Crippen MR) is 161 cm³/mol. The molecule has 0 aliphatic heterocycles. The highest BCUT2D eigenvalue weighted by Crippen LogP contribution is 2.32. The largest absolute Gasteiger partial charge is 0.445 e. The normalized spacial score (nSPS) is 11.6. The highest BCUT2D eigenvalue weighted by atomic mass is 35.5. The molecule has 41 heavy (non-hydrogen) atoms. The summed E-state index contributed by atoms with van der Waals surface area (Å²) in [6, 6.07) is 40.2. The minimum atomic E-state index is -1.15. The zero-order chi connectivity index (χ0) is 28.2. The first-order valence-corrected chi connectivity index (χ1v) is 13.4. The number of ether oxygens (including phenoxy) is 1. The van der Waals surface area contributed by atoms with Crippen molar-refractivity contribution in [2.45, 2.75) is 6.10 Å². The van der Waals surface area contributed by atoms with E-state index in [-0.39, 0.29) is 11.3 Å². The maximum Gasteiger partial charge on any atom is 0.339 e. The Balaban J connectivity index is 1.39. The third-order valence-corrected chi connectivity index (χ3v) is 6.94. The van der Waals surface area contributed by atoms with Crippen molar-refractivity contribution >= 4 is 34.4 Å². The van der Waals surface area contributed by atoms with E-state index in [9.17, 15) is 9.59 Å². The number of halogens is 1. The van der Waals surface area contributed by atoms with E-state index in [2.05, 4.69) is 0 Å². The van der Waals surface area contributed by atoms with Gasteiger partial charge in [0.05, 0.1) is 28.0 Å². The summed E-state index contributed by atoms with van der Waals surface area (Å²) < 4.78 is 5.86. The van der Waals surface area contributed by atoms with Crippen molar-refractivity contribution in [1.29, 1.82) is 0 Å². The second-order valence-electron chi connectivity index (χ2n) is 9.42. The molecule has 1 heterocycles. The van der Waals surface area contributed by atoms with Gasteiger partial charge in [-0.05, 0) is 30.3 Å². The minimum Gasteiger partial charge on any atom is -0.445 e. The Morgan fingerprint density at radius 1 is 0.585 bits per heavy atom. The molecule has 6 aromatic rings. The fraction of sp³-hybridized carbons (Fsp3) is 0.0286. The SMILES string of the molecule is O=C(O[C@@H](C(=O)c1ccccc1)c1ccc(Cl)cc1)c1ccc2nc(-c3ccccc3)c(-c3ccccc3)nc2c1. The van der Waals surface area contributed by atoms with E-state index in [0.29, 0.717) is 32.9 Å². The van der Waals surface area contributed by atoms with Crippen LogP contribution in [0.4, 0.5) is 0 Å². The number of Topliss-reactive ketones (excluding diaryl/α,β-unsaturated/α-hetero) is 1. The number of aromatic nitrogens is 2. The highest BCUT2D eigenvalue weighted by molar-refractivity contribution is 6.30. The van der Waals surface area contributed by atoms with Crippen molar-refractivity contribution in [2.75, 3.05) is 0 Å². The van der Waals surface area contributed by atoms with Gasteiger partial charge in [0.1, 0.15) is 0 Å². The number of esters is 1. The minimum absolute atomic E-state index is 0.262. The van der Waals surface area contributed by atoms with Gasteiger partial charge in [-0.15, -0.1) is 0 Å². The number of hydrogen-bond acceptors (Lipinski definition) is 5. The van der Waals surface area contributed by atoms with Gasteiger partial charge >= 0.3 is 5.97 Å². The quantitative estimate of drug-likeness (QED) is 0.146. The van der Waals surface area contributed by atoms with Gasteiger partial charge in [0, 0.05) is 27.3 Å². The average Bonchev–Trinajstić information content (AvgIpc) is 3.04. The standard InChI is InChI=1S/C35H23ClN2O3/c36-28-19-16-26(17-20-28)34(33(39)25-14-8-3-9-15-25)41-35(40)27-18-21-29-30(22-27)38-32(24-12-6-2-7-13-24)31(37-29)23-10-4-1-5-11-23/h1-22,34H/t34-/m1/s1. The first-order chi connectivity index (χ1) is 20.1. The number of nitrogens with zero attached hydrogens (tertiary/aromatic N) is 2. The molecular weight excluding hydrogens is 532 g/mol. The third kappa shape index (κ3) is 5.62. The lowest BCUT2D eigenvalue weighted by Crippen LogP contribution is -2.20. The molecule has 5 aromatic carbocycles. The van der Waals surface area contributed by atoms with Crippen LogP contribution in [0.2, 0.25) is 5.02 Å². The molecular formula is C35H23ClN2O3. The van der Waals surface area contributed by atoms with Crippen LogP contribution >= 0.6 is 11.6 Å². The summed E-state index contributed by atoms with van der Waals surface area (Å²) in [7, 11) is 0. The van der Waals surface area contributed by atoms with Crippen molar-refractivity contribution in [3.8, 4) is 22.5 Å². The third-order valence-electron chi connectivity index (χ3n) is 6.69. The Morgan fingerprint density at radius 2 is 1.12 bits per heavy atom. The Morgan fingerprint density at radius 3 is 1.71 bits per heavy atom. The molecule has 0 aliphatic rings. The number of hydrogen-bond donors (Lipinski definition) is 0. The van der Waals surface area contributed by atoms with Crippen LogP contribution in [0.1, 0.15) is 32.4 Å². The molecule has 0 saturated carbocycles. The van der Waals surface area contributed by atoms with Gasteiger partial charge in [-0.25, -0.2) is 14.8 Å². The van der Waals surface area contributed by atoms with Crippen molar-refractivity contribution in [3.05, 3.63) is 155 Å². The number of rotatable bonds is 7. The lowest BCUT2D eigenvalue weighted by atomic mass is 9.99. The molecule has 0 amide bonds. The summed E-state index contributed by atoms with van der Waals surface area (Å²) in [6.45, 7) is 0. The van der Waals surface area contributed by atoms with Crippen molar-refractivity contribution in [3.63, 3.8) is 0 Å². The molecule has 0 unspecified atom stereocenters. The molecule has 0 spiro atoms. The predicted octanol–water partition coefficient (Wildman–Crippen LogP) is 8.40. The molecule has 0 fully saturated rings. The lowest BCUT2D eigenvalue weighted by molar-refractivity contribution is 0.0280. The maximum absolute atomic E-state index is 13.5. The van der Waals surface area contributed by atoms with Gasteiger partial charge in [-0.1, -0.05) is 115 Å². The van der Waals surface area contributed by atoms with E-state index in [1.807, 2.05) is 66.7 Å². The lowest BCUT2D eigenvalue weighted by Gasteiger charge is -2.18. The van der Waals surface area contributed by atoms with Crippen molar-refractivity contribution in [2.24, 2.45) is 0 Å². The zero-order valence-electron chi connectivity index (χ0n) is 21.8. The zero-order valence-corrected chi connectivity index (χ0v) is 22.5. The topological polar surface area (TPSA) is 69.2 Å². The number of carbonyl (C=O) groups excluding carboxylic acids is 2. The molecule has 0 radical (unpaired) electrons. The van der Waals surface area contributed by atoms with Crippen molar-refractivity contribution in [1.82, 2.24) is 9.97 Å². The van der Waals surface area contributed by atoms with Gasteiger partial charge in [-0.2, -0.15) is 0 Å². The Hall–Kier alpha value is -5.13. The van der Waals surface area contributed by atoms with Crippen LogP contribution in [-0.2, 0) is 4.74 Å². The molecule has 0 bridgehead atoms. The maximum atomic E-state index is 13.5. The summed E-state index contributed by atoms with van der Waals surface area (Å²) >= 11 is 6.07. The first-order valence-electron chi connectivity index (χ1n) is 13.1. The van der Waals surface area contributed by atoms with Crippen LogP contribution in [0.15, 0.2) is 133 Å². The van der Waals surface area contributed by atoms with Crippen LogP contribution in [0, 0.1) is 0 Å². The summed E-state index contributed by atoms with van der Waals surface area (Å²) in [6.07, 6.45) is -1.15. The average molecular weight is 555 g/mol. The van der Waals surface area contributed by atoms with Crippen LogP contribution in [0.5, 0.6) is 0 Å². The summed E-state index contributed by atoms with van der Waals surface area (Å²) in [5, 5.41) is 0.517. The fourth-order valence-electron chi connectivity index (χ4n) is 4.62. The van der Waals surface area contributed by atoms with Crippen molar-refractivity contribution < 1.29 is 14.3 Å². The van der Waals surface area contributed by atoms with Crippen LogP contribution in [-0.4, -0.2) is 21.7 Å². The summed E-state index contributed by atoms with van der Waals surface area (Å²) in [5.74, 6) is -0.980. The van der Waals surface area contributed by atoms with E-state index in [1.54, 1.807) is 66.7 Å². The molecule has 0 aliphatic carbocycles. The monoisotopic (exact) mass is 554 g/mol. The number of fused-ring (bicyclic) bond motifs is 1. The molecule has 0 N–H and O–H groups in total. The van der Waals surface area contributed by atoms with Gasteiger partial charge in [0.15, 0.2) is 6.10 Å². The Labute approximate surface area is 242 Å². The van der Waals surface area contributed by atoms with E-state index < -0.39 is 12.1 Å².